The molecule has 1 heterocycles. The topological polar surface area (TPSA) is 51.2 Å². The van der Waals surface area contributed by atoms with Crippen LogP contribution in [0.25, 0.3) is 10.8 Å². The lowest BCUT2D eigenvalue weighted by molar-refractivity contribution is -0.120. The number of hydrogen-bond donors (Lipinski definition) is 1. The Morgan fingerprint density at radius 3 is 2.70 bits per heavy atom. The van der Waals surface area contributed by atoms with E-state index in [-0.39, 0.29) is 5.91 Å². The molecular formula is C19H18N2O2. The van der Waals surface area contributed by atoms with Crippen molar-refractivity contribution in [3.8, 4) is 5.88 Å². The number of methoxy groups -OCH3 is 1. The second-order valence-electron chi connectivity index (χ2n) is 5.34. The molecule has 0 aliphatic rings. The molecular weight excluding hydrogens is 288 g/mol. The fraction of sp³-hybridized carbons (Fsp3) is 0.158. The molecule has 0 saturated carbocycles. The van der Waals surface area contributed by atoms with Crippen LogP contribution >= 0.6 is 0 Å². The van der Waals surface area contributed by atoms with E-state index in [0.717, 1.165) is 16.5 Å². The third kappa shape index (κ3) is 3.86. The summed E-state index contributed by atoms with van der Waals surface area (Å²) in [6.07, 6.45) is 2.04. The van der Waals surface area contributed by atoms with Crippen molar-refractivity contribution in [1.82, 2.24) is 10.3 Å². The average Bonchev–Trinajstić information content (AvgIpc) is 2.60. The standard InChI is InChI=1S/C19H18N2O2/c1-23-19-12-15(8-9-20-19)13-21-18(22)11-14-6-7-16-4-2-3-5-17(16)10-14/h2-10,12H,11,13H2,1H3,(H,21,22). The minimum absolute atomic E-state index is 0.00365. The van der Waals surface area contributed by atoms with Crippen molar-refractivity contribution >= 4 is 16.7 Å². The van der Waals surface area contributed by atoms with Crippen molar-refractivity contribution in [1.29, 1.82) is 0 Å². The first-order valence-electron chi connectivity index (χ1n) is 7.48. The van der Waals surface area contributed by atoms with Gasteiger partial charge in [-0.2, -0.15) is 0 Å². The predicted molar refractivity (Wildman–Crippen MR) is 90.3 cm³/mol. The molecule has 0 saturated heterocycles. The van der Waals surface area contributed by atoms with Crippen LogP contribution in [0.15, 0.2) is 60.8 Å². The van der Waals surface area contributed by atoms with E-state index >= 15 is 0 Å². The van der Waals surface area contributed by atoms with Gasteiger partial charge in [0.2, 0.25) is 11.8 Å². The molecule has 0 unspecified atom stereocenters. The Kier molecular flexibility index (Phi) is 4.52. The highest BCUT2D eigenvalue weighted by atomic mass is 16.5. The van der Waals surface area contributed by atoms with Crippen molar-refractivity contribution < 1.29 is 9.53 Å². The van der Waals surface area contributed by atoms with Gasteiger partial charge >= 0.3 is 0 Å². The molecule has 0 spiro atoms. The Morgan fingerprint density at radius 2 is 1.87 bits per heavy atom. The fourth-order valence-corrected chi connectivity index (χ4v) is 2.47. The van der Waals surface area contributed by atoms with Gasteiger partial charge in [0.25, 0.3) is 0 Å². The first-order chi connectivity index (χ1) is 11.2. The van der Waals surface area contributed by atoms with Gasteiger partial charge in [0.1, 0.15) is 0 Å². The maximum Gasteiger partial charge on any atom is 0.224 e. The third-order valence-electron chi connectivity index (χ3n) is 3.68. The van der Waals surface area contributed by atoms with Gasteiger partial charge < -0.3 is 10.1 Å². The molecule has 0 aliphatic heterocycles. The molecule has 3 aromatic rings. The number of nitrogens with zero attached hydrogens (tertiary/aromatic N) is 1. The van der Waals surface area contributed by atoms with Crippen LogP contribution in [-0.4, -0.2) is 18.0 Å². The van der Waals surface area contributed by atoms with E-state index in [4.69, 9.17) is 4.74 Å². The zero-order valence-corrected chi connectivity index (χ0v) is 13.0. The number of fused-ring (bicyclic) bond motifs is 1. The highest BCUT2D eigenvalue weighted by Crippen LogP contribution is 2.16. The summed E-state index contributed by atoms with van der Waals surface area (Å²) in [6.45, 7) is 0.464. The summed E-state index contributed by atoms with van der Waals surface area (Å²) < 4.78 is 5.07. The molecule has 0 radical (unpaired) electrons. The number of benzene rings is 2. The number of aromatic nitrogens is 1. The Balaban J connectivity index is 1.61. The minimum atomic E-state index is -0.00365. The van der Waals surface area contributed by atoms with Crippen molar-refractivity contribution in [2.45, 2.75) is 13.0 Å². The number of hydrogen-bond acceptors (Lipinski definition) is 3. The second-order valence-corrected chi connectivity index (χ2v) is 5.34. The van der Waals surface area contributed by atoms with Gasteiger partial charge in [0.15, 0.2) is 0 Å². The summed E-state index contributed by atoms with van der Waals surface area (Å²) in [6, 6.07) is 17.9. The van der Waals surface area contributed by atoms with Crippen LogP contribution in [0, 0.1) is 0 Å². The van der Waals surface area contributed by atoms with Crippen LogP contribution in [-0.2, 0) is 17.8 Å². The summed E-state index contributed by atoms with van der Waals surface area (Å²) in [5, 5.41) is 5.26. The maximum atomic E-state index is 12.1. The van der Waals surface area contributed by atoms with Gasteiger partial charge in [-0.1, -0.05) is 42.5 Å². The van der Waals surface area contributed by atoms with E-state index in [1.807, 2.05) is 36.4 Å². The molecule has 1 N–H and O–H groups in total. The van der Waals surface area contributed by atoms with Gasteiger partial charge in [0, 0.05) is 18.8 Å². The zero-order chi connectivity index (χ0) is 16.1. The highest BCUT2D eigenvalue weighted by molar-refractivity contribution is 5.85. The number of pyridine rings is 1. The van der Waals surface area contributed by atoms with Crippen LogP contribution in [0.3, 0.4) is 0 Å². The molecule has 0 atom stereocenters. The van der Waals surface area contributed by atoms with Gasteiger partial charge in [-0.05, 0) is 28.0 Å². The lowest BCUT2D eigenvalue weighted by atomic mass is 10.0. The van der Waals surface area contributed by atoms with Crippen molar-refractivity contribution in [2.24, 2.45) is 0 Å². The van der Waals surface area contributed by atoms with E-state index < -0.39 is 0 Å². The zero-order valence-electron chi connectivity index (χ0n) is 13.0. The molecule has 0 fully saturated rings. The van der Waals surface area contributed by atoms with Gasteiger partial charge in [-0.25, -0.2) is 4.98 Å². The number of carbonyl (C=O) groups excluding carboxylic acids is 1. The fourth-order valence-electron chi connectivity index (χ4n) is 2.47. The molecule has 2 aromatic carbocycles. The largest absolute Gasteiger partial charge is 0.481 e. The summed E-state index contributed by atoms with van der Waals surface area (Å²) in [5.74, 6) is 0.544. The van der Waals surface area contributed by atoms with Crippen molar-refractivity contribution in [3.63, 3.8) is 0 Å². The van der Waals surface area contributed by atoms with Gasteiger partial charge in [-0.3, -0.25) is 4.79 Å². The quantitative estimate of drug-likeness (QED) is 0.788. The molecule has 0 aliphatic carbocycles. The molecule has 23 heavy (non-hydrogen) atoms. The van der Waals surface area contributed by atoms with Gasteiger partial charge in [0.05, 0.1) is 13.5 Å². The van der Waals surface area contributed by atoms with Gasteiger partial charge in [-0.15, -0.1) is 0 Å². The SMILES string of the molecule is COc1cc(CNC(=O)Cc2ccc3ccccc3c2)ccn1. The molecule has 1 aromatic heterocycles. The van der Waals surface area contributed by atoms with Crippen LogP contribution in [0.5, 0.6) is 5.88 Å². The number of nitrogens with one attached hydrogen (secondary N) is 1. The Morgan fingerprint density at radius 1 is 1.04 bits per heavy atom. The van der Waals surface area contributed by atoms with E-state index in [9.17, 15) is 4.79 Å². The smallest absolute Gasteiger partial charge is 0.224 e. The van der Waals surface area contributed by atoms with Crippen molar-refractivity contribution in [3.05, 3.63) is 71.9 Å². The van der Waals surface area contributed by atoms with Crippen LogP contribution in [0.4, 0.5) is 0 Å². The summed E-state index contributed by atoms with van der Waals surface area (Å²) >= 11 is 0. The van der Waals surface area contributed by atoms with Crippen LogP contribution in [0.2, 0.25) is 0 Å². The molecule has 4 nitrogen and oxygen atoms in total. The maximum absolute atomic E-state index is 12.1. The Hall–Kier alpha value is -2.88. The third-order valence-corrected chi connectivity index (χ3v) is 3.68. The monoisotopic (exact) mass is 306 g/mol. The number of ether oxygens (including phenoxy) is 1. The number of rotatable bonds is 5. The van der Waals surface area contributed by atoms with E-state index in [1.165, 1.54) is 5.39 Å². The number of amides is 1. The molecule has 0 bridgehead atoms. The average molecular weight is 306 g/mol. The molecule has 1 amide bonds. The highest BCUT2D eigenvalue weighted by Gasteiger charge is 2.05. The van der Waals surface area contributed by atoms with E-state index in [0.29, 0.717) is 18.8 Å². The number of carbonyl (C=O) groups is 1. The normalized spacial score (nSPS) is 10.5. The molecule has 3 rings (SSSR count). The van der Waals surface area contributed by atoms with Crippen LogP contribution in [0.1, 0.15) is 11.1 Å². The van der Waals surface area contributed by atoms with E-state index in [2.05, 4.69) is 28.5 Å². The van der Waals surface area contributed by atoms with Crippen molar-refractivity contribution in [2.75, 3.05) is 7.11 Å². The lowest BCUT2D eigenvalue weighted by Gasteiger charge is -2.07. The molecule has 116 valence electrons. The molecule has 4 heteroatoms. The lowest BCUT2D eigenvalue weighted by Crippen LogP contribution is -2.24. The first-order valence-corrected chi connectivity index (χ1v) is 7.48. The van der Waals surface area contributed by atoms with Crippen LogP contribution < -0.4 is 10.1 Å². The summed E-state index contributed by atoms with van der Waals surface area (Å²) in [4.78, 5) is 16.2. The van der Waals surface area contributed by atoms with E-state index in [1.54, 1.807) is 13.3 Å². The summed E-state index contributed by atoms with van der Waals surface area (Å²) in [7, 11) is 1.57. The predicted octanol–water partition coefficient (Wildman–Crippen LogP) is 3.10. The first kappa shape index (κ1) is 15.0. The second kappa shape index (κ2) is 6.92. The summed E-state index contributed by atoms with van der Waals surface area (Å²) in [5.41, 5.74) is 1.97. The minimum Gasteiger partial charge on any atom is -0.481 e. The Labute approximate surface area is 135 Å². The Bertz CT molecular complexity index is 830.